The quantitative estimate of drug-likeness (QED) is 0.811. The molecule has 0 amide bonds. The number of thiophene rings is 1. The summed E-state index contributed by atoms with van der Waals surface area (Å²) in [5.41, 5.74) is 7.07. The summed E-state index contributed by atoms with van der Waals surface area (Å²) in [6, 6.07) is 2.04. The lowest BCUT2D eigenvalue weighted by Crippen LogP contribution is -2.37. The molecular formula is C10H17NOS. The zero-order valence-electron chi connectivity index (χ0n) is 8.63. The van der Waals surface area contributed by atoms with Crippen LogP contribution in [0.3, 0.4) is 0 Å². The van der Waals surface area contributed by atoms with E-state index in [4.69, 9.17) is 10.5 Å². The molecule has 0 saturated carbocycles. The number of methoxy groups -OCH3 is 1. The van der Waals surface area contributed by atoms with Crippen molar-refractivity contribution in [3.8, 4) is 0 Å². The van der Waals surface area contributed by atoms with Crippen LogP contribution in [0.25, 0.3) is 0 Å². The molecule has 0 aliphatic rings. The molecule has 2 N–H and O–H groups in total. The third-order valence-corrected chi connectivity index (χ3v) is 3.56. The maximum absolute atomic E-state index is 6.11. The fourth-order valence-electron chi connectivity index (χ4n) is 1.15. The molecule has 13 heavy (non-hydrogen) atoms. The summed E-state index contributed by atoms with van der Waals surface area (Å²) in [4.78, 5) is 1.21. The van der Waals surface area contributed by atoms with Crippen LogP contribution in [0.5, 0.6) is 0 Å². The molecule has 0 bridgehead atoms. The molecule has 1 heterocycles. The molecule has 1 atom stereocenters. The number of rotatable bonds is 3. The maximum atomic E-state index is 6.11. The van der Waals surface area contributed by atoms with Crippen LogP contribution in [0.4, 0.5) is 0 Å². The van der Waals surface area contributed by atoms with Gasteiger partial charge in [-0.15, -0.1) is 11.3 Å². The Balaban J connectivity index is 2.91. The van der Waals surface area contributed by atoms with Crippen LogP contribution in [0.15, 0.2) is 11.4 Å². The summed E-state index contributed by atoms with van der Waals surface area (Å²) >= 11 is 1.69. The summed E-state index contributed by atoms with van der Waals surface area (Å²) in [6.07, 6.45) is 0. The summed E-state index contributed by atoms with van der Waals surface area (Å²) < 4.78 is 5.36. The van der Waals surface area contributed by atoms with E-state index in [1.54, 1.807) is 18.4 Å². The molecule has 1 aromatic heterocycles. The number of hydrogen-bond donors (Lipinski definition) is 1. The van der Waals surface area contributed by atoms with E-state index in [0.717, 1.165) is 0 Å². The Kier molecular flexibility index (Phi) is 3.11. The van der Waals surface area contributed by atoms with E-state index in [1.165, 1.54) is 10.4 Å². The van der Waals surface area contributed by atoms with Gasteiger partial charge in [0.25, 0.3) is 0 Å². The van der Waals surface area contributed by atoms with Gasteiger partial charge in [0, 0.05) is 12.0 Å². The molecule has 0 aromatic carbocycles. The molecule has 1 aromatic rings. The lowest BCUT2D eigenvalue weighted by molar-refractivity contribution is 0.000721. The van der Waals surface area contributed by atoms with E-state index in [2.05, 4.69) is 18.4 Å². The van der Waals surface area contributed by atoms with Gasteiger partial charge in [0.2, 0.25) is 0 Å². The Morgan fingerprint density at radius 2 is 2.15 bits per heavy atom. The summed E-state index contributed by atoms with van der Waals surface area (Å²) in [5.74, 6) is 0. The van der Waals surface area contributed by atoms with Crippen molar-refractivity contribution in [1.82, 2.24) is 0 Å². The Bertz CT molecular complexity index is 280. The zero-order chi connectivity index (χ0) is 10.1. The van der Waals surface area contributed by atoms with Crippen LogP contribution in [0.1, 0.15) is 30.3 Å². The fourth-order valence-corrected chi connectivity index (χ4v) is 2.25. The lowest BCUT2D eigenvalue weighted by Gasteiger charge is -2.29. The van der Waals surface area contributed by atoms with Crippen molar-refractivity contribution in [3.05, 3.63) is 21.9 Å². The molecule has 1 rings (SSSR count). The Hall–Kier alpha value is -0.380. The van der Waals surface area contributed by atoms with E-state index in [0.29, 0.717) is 0 Å². The highest BCUT2D eigenvalue weighted by Crippen LogP contribution is 2.31. The third-order valence-electron chi connectivity index (χ3n) is 2.46. The number of nitrogens with two attached hydrogens (primary N) is 1. The van der Waals surface area contributed by atoms with Crippen LogP contribution in [0, 0.1) is 6.92 Å². The second-order valence-electron chi connectivity index (χ2n) is 3.75. The first-order valence-corrected chi connectivity index (χ1v) is 5.21. The third kappa shape index (κ3) is 2.10. The van der Waals surface area contributed by atoms with E-state index in [1.807, 2.05) is 13.8 Å². The van der Waals surface area contributed by atoms with Crippen LogP contribution < -0.4 is 5.73 Å². The standard InChI is InChI=1S/C10H17NOS/c1-7-5-6-13-8(7)9(11)10(2,3)12-4/h5-6,9H,11H2,1-4H3. The van der Waals surface area contributed by atoms with Crippen LogP contribution in [-0.4, -0.2) is 12.7 Å². The first-order chi connectivity index (χ1) is 5.99. The van der Waals surface area contributed by atoms with Gasteiger partial charge in [-0.25, -0.2) is 0 Å². The molecule has 0 saturated heterocycles. The fraction of sp³-hybridized carbons (Fsp3) is 0.600. The highest BCUT2D eigenvalue weighted by atomic mass is 32.1. The van der Waals surface area contributed by atoms with Gasteiger partial charge < -0.3 is 10.5 Å². The van der Waals surface area contributed by atoms with Gasteiger partial charge in [-0.2, -0.15) is 0 Å². The van der Waals surface area contributed by atoms with Gasteiger partial charge in [0.15, 0.2) is 0 Å². The minimum absolute atomic E-state index is 0.0440. The minimum atomic E-state index is -0.296. The van der Waals surface area contributed by atoms with Crippen molar-refractivity contribution >= 4 is 11.3 Å². The maximum Gasteiger partial charge on any atom is 0.0822 e. The second kappa shape index (κ2) is 3.78. The largest absolute Gasteiger partial charge is 0.377 e. The predicted octanol–water partition coefficient (Wildman–Crippen LogP) is 2.48. The van der Waals surface area contributed by atoms with Crippen molar-refractivity contribution in [3.63, 3.8) is 0 Å². The highest BCUT2D eigenvalue weighted by molar-refractivity contribution is 7.10. The zero-order valence-corrected chi connectivity index (χ0v) is 9.44. The SMILES string of the molecule is COC(C)(C)C(N)c1sccc1C. The smallest absolute Gasteiger partial charge is 0.0822 e. The normalized spacial score (nSPS) is 14.5. The summed E-state index contributed by atoms with van der Waals surface area (Å²) in [6.45, 7) is 6.10. The first kappa shape index (κ1) is 10.7. The average molecular weight is 199 g/mol. The molecule has 0 radical (unpaired) electrons. The van der Waals surface area contributed by atoms with Gasteiger partial charge in [-0.05, 0) is 37.8 Å². The molecule has 74 valence electrons. The second-order valence-corrected chi connectivity index (χ2v) is 4.70. The van der Waals surface area contributed by atoms with Gasteiger partial charge in [-0.3, -0.25) is 0 Å². The topological polar surface area (TPSA) is 35.2 Å². The Morgan fingerprint density at radius 1 is 1.54 bits per heavy atom. The number of aryl methyl sites for hydroxylation is 1. The molecule has 3 heteroatoms. The minimum Gasteiger partial charge on any atom is -0.377 e. The van der Waals surface area contributed by atoms with Crippen molar-refractivity contribution in [2.75, 3.05) is 7.11 Å². The number of ether oxygens (including phenoxy) is 1. The van der Waals surface area contributed by atoms with E-state index < -0.39 is 0 Å². The number of hydrogen-bond acceptors (Lipinski definition) is 3. The van der Waals surface area contributed by atoms with E-state index in [-0.39, 0.29) is 11.6 Å². The molecule has 0 fully saturated rings. The monoisotopic (exact) mass is 199 g/mol. The van der Waals surface area contributed by atoms with Gasteiger partial charge in [0.05, 0.1) is 11.6 Å². The molecule has 0 aliphatic carbocycles. The predicted molar refractivity (Wildman–Crippen MR) is 57.1 cm³/mol. The van der Waals surface area contributed by atoms with Crippen molar-refractivity contribution in [1.29, 1.82) is 0 Å². The first-order valence-electron chi connectivity index (χ1n) is 4.33. The molecule has 0 spiro atoms. The lowest BCUT2D eigenvalue weighted by atomic mass is 9.96. The Labute approximate surface area is 83.7 Å². The molecular weight excluding hydrogens is 182 g/mol. The van der Waals surface area contributed by atoms with Gasteiger partial charge >= 0.3 is 0 Å². The summed E-state index contributed by atoms with van der Waals surface area (Å²) in [5, 5.41) is 2.07. The molecule has 0 aliphatic heterocycles. The van der Waals surface area contributed by atoms with Crippen molar-refractivity contribution in [2.24, 2.45) is 5.73 Å². The molecule has 1 unspecified atom stereocenters. The molecule has 2 nitrogen and oxygen atoms in total. The van der Waals surface area contributed by atoms with Crippen molar-refractivity contribution < 1.29 is 4.74 Å². The average Bonchev–Trinajstić information content (AvgIpc) is 2.50. The van der Waals surface area contributed by atoms with Gasteiger partial charge in [-0.1, -0.05) is 0 Å². The van der Waals surface area contributed by atoms with Crippen LogP contribution >= 0.6 is 11.3 Å². The van der Waals surface area contributed by atoms with E-state index in [9.17, 15) is 0 Å². The van der Waals surface area contributed by atoms with Crippen LogP contribution in [0.2, 0.25) is 0 Å². The summed E-state index contributed by atoms with van der Waals surface area (Å²) in [7, 11) is 1.70. The Morgan fingerprint density at radius 3 is 2.54 bits per heavy atom. The van der Waals surface area contributed by atoms with Gasteiger partial charge in [0.1, 0.15) is 0 Å². The highest BCUT2D eigenvalue weighted by Gasteiger charge is 2.28. The van der Waals surface area contributed by atoms with E-state index >= 15 is 0 Å². The van der Waals surface area contributed by atoms with Crippen molar-refractivity contribution in [2.45, 2.75) is 32.4 Å². The van der Waals surface area contributed by atoms with Crippen LogP contribution in [-0.2, 0) is 4.74 Å².